The molecule has 0 aliphatic rings. The molecule has 6 atom stereocenters. The van der Waals surface area contributed by atoms with Crippen LogP contribution in [-0.4, -0.2) is 96.7 Å². The maximum absolute atomic E-state index is 13.0. The second-order valence-corrected chi connectivity index (χ2v) is 27.1. The summed E-state index contributed by atoms with van der Waals surface area (Å²) in [6.07, 6.45) is 45.3. The first kappa shape index (κ1) is 83.5. The van der Waals surface area contributed by atoms with E-state index in [2.05, 4.69) is 65.8 Å². The number of unbranched alkanes of at least 4 members (excludes halogenated alkanes) is 30. The fraction of sp³-hybridized carbons (Fsp3) is 0.881. The summed E-state index contributed by atoms with van der Waals surface area (Å²) >= 11 is 0. The lowest BCUT2D eigenvalue weighted by molar-refractivity contribution is -0.161. The second-order valence-electron chi connectivity index (χ2n) is 24.2. The summed E-state index contributed by atoms with van der Waals surface area (Å²) in [5.41, 5.74) is 0. The zero-order valence-corrected chi connectivity index (χ0v) is 56.9. The average Bonchev–Trinajstić information content (AvgIpc) is 3.61. The summed E-state index contributed by atoms with van der Waals surface area (Å²) in [6, 6.07) is 0. The topological polar surface area (TPSA) is 237 Å². The van der Waals surface area contributed by atoms with E-state index in [0.29, 0.717) is 25.7 Å². The first-order valence-corrected chi connectivity index (χ1v) is 37.3. The van der Waals surface area contributed by atoms with E-state index in [0.717, 1.165) is 121 Å². The number of phosphoric acid groups is 2. The first-order valence-electron chi connectivity index (χ1n) is 34.3. The highest BCUT2D eigenvalue weighted by Crippen LogP contribution is 2.45. The molecule has 0 spiro atoms. The number of rotatable bonds is 64. The molecule has 3 N–H and O–H groups in total. The molecule has 0 saturated heterocycles. The number of esters is 4. The number of hydrogen-bond donors (Lipinski definition) is 3. The van der Waals surface area contributed by atoms with Crippen LogP contribution in [0, 0.1) is 11.8 Å². The lowest BCUT2D eigenvalue weighted by atomic mass is 9.99. The molecule has 0 aromatic heterocycles. The van der Waals surface area contributed by atoms with Crippen LogP contribution in [0.15, 0.2) is 24.3 Å². The van der Waals surface area contributed by atoms with Crippen molar-refractivity contribution in [2.45, 2.75) is 330 Å². The molecule has 3 unspecified atom stereocenters. The highest BCUT2D eigenvalue weighted by molar-refractivity contribution is 7.47. The Kier molecular flexibility index (Phi) is 57.2. The largest absolute Gasteiger partial charge is 0.472 e. The zero-order chi connectivity index (χ0) is 63.6. The second kappa shape index (κ2) is 58.9. The van der Waals surface area contributed by atoms with Crippen molar-refractivity contribution in [3.63, 3.8) is 0 Å². The quantitative estimate of drug-likeness (QED) is 0.0169. The van der Waals surface area contributed by atoms with E-state index in [1.54, 1.807) is 0 Å². The summed E-state index contributed by atoms with van der Waals surface area (Å²) in [5.74, 6) is -0.673. The van der Waals surface area contributed by atoms with E-state index in [4.69, 9.17) is 37.0 Å². The smallest absolute Gasteiger partial charge is 0.462 e. The van der Waals surface area contributed by atoms with Crippen LogP contribution in [-0.2, 0) is 65.4 Å². The molecule has 0 fully saturated rings. The Labute approximate surface area is 522 Å². The third-order valence-corrected chi connectivity index (χ3v) is 17.1. The van der Waals surface area contributed by atoms with Gasteiger partial charge >= 0.3 is 39.5 Å². The van der Waals surface area contributed by atoms with Crippen LogP contribution in [0.4, 0.5) is 0 Å². The van der Waals surface area contributed by atoms with Gasteiger partial charge in [0.15, 0.2) is 12.2 Å². The van der Waals surface area contributed by atoms with Gasteiger partial charge in [0.25, 0.3) is 0 Å². The molecule has 0 aliphatic heterocycles. The number of hydrogen-bond acceptors (Lipinski definition) is 15. The molecule has 0 amide bonds. The average molecular weight is 1270 g/mol. The van der Waals surface area contributed by atoms with Crippen LogP contribution < -0.4 is 0 Å². The fourth-order valence-corrected chi connectivity index (χ4v) is 11.1. The molecule has 0 saturated carbocycles. The number of allylic oxidation sites excluding steroid dienone is 4. The van der Waals surface area contributed by atoms with E-state index in [1.807, 2.05) is 0 Å². The molecule has 0 heterocycles. The van der Waals surface area contributed by atoms with Crippen molar-refractivity contribution in [1.29, 1.82) is 0 Å². The molecule has 19 heteroatoms. The van der Waals surface area contributed by atoms with Gasteiger partial charge in [0.2, 0.25) is 0 Å². The van der Waals surface area contributed by atoms with Gasteiger partial charge in [-0.3, -0.25) is 37.3 Å². The van der Waals surface area contributed by atoms with E-state index in [1.165, 1.54) is 109 Å². The van der Waals surface area contributed by atoms with Crippen molar-refractivity contribution in [3.05, 3.63) is 24.3 Å². The minimum atomic E-state index is -4.96. The van der Waals surface area contributed by atoms with Crippen molar-refractivity contribution in [1.82, 2.24) is 0 Å². The number of carbonyl (C=O) groups excluding carboxylic acids is 4. The Morgan fingerprint density at radius 1 is 0.384 bits per heavy atom. The number of phosphoric ester groups is 2. The number of aliphatic hydroxyl groups is 1. The van der Waals surface area contributed by atoms with Crippen LogP contribution in [0.25, 0.3) is 0 Å². The molecule has 506 valence electrons. The number of ether oxygens (including phenoxy) is 4. The van der Waals surface area contributed by atoms with E-state index >= 15 is 0 Å². The Bertz CT molecular complexity index is 1780. The van der Waals surface area contributed by atoms with E-state index in [-0.39, 0.29) is 25.7 Å². The van der Waals surface area contributed by atoms with Gasteiger partial charge in [-0.05, 0) is 63.2 Å². The molecule has 17 nitrogen and oxygen atoms in total. The SMILES string of the molecule is CCCCCC/C=C\C=C/CCCCCCCC(=O)O[C@H](COC(=O)CCCCCCCCCCC(C)CC)COP(=O)(O)OC[C@@H](O)COP(=O)(O)OC[C@@H](COC(=O)CCCCCCCCCC)OC(=O)CCCCCCCCCCC(C)C. The lowest BCUT2D eigenvalue weighted by Gasteiger charge is -2.21. The zero-order valence-electron chi connectivity index (χ0n) is 55.1. The van der Waals surface area contributed by atoms with Crippen LogP contribution in [0.3, 0.4) is 0 Å². The molecule has 0 aromatic carbocycles. The lowest BCUT2D eigenvalue weighted by Crippen LogP contribution is -2.30. The molecule has 0 aromatic rings. The normalized spacial score (nSPS) is 14.7. The molecule has 0 aliphatic carbocycles. The number of aliphatic hydroxyl groups excluding tert-OH is 1. The highest BCUT2D eigenvalue weighted by Gasteiger charge is 2.30. The minimum Gasteiger partial charge on any atom is -0.462 e. The molecule has 86 heavy (non-hydrogen) atoms. The van der Waals surface area contributed by atoms with Gasteiger partial charge in [0, 0.05) is 25.7 Å². The minimum absolute atomic E-state index is 0.0842. The third kappa shape index (κ3) is 59.2. The Hall–Kier alpha value is -2.46. The molecular weight excluding hydrogens is 1140 g/mol. The van der Waals surface area contributed by atoms with Crippen LogP contribution in [0.2, 0.25) is 0 Å². The van der Waals surface area contributed by atoms with Crippen molar-refractivity contribution in [2.75, 3.05) is 39.6 Å². The van der Waals surface area contributed by atoms with Crippen LogP contribution in [0.1, 0.15) is 311 Å². The maximum Gasteiger partial charge on any atom is 0.472 e. The van der Waals surface area contributed by atoms with Crippen LogP contribution in [0.5, 0.6) is 0 Å². The summed E-state index contributed by atoms with van der Waals surface area (Å²) in [7, 11) is -9.90. The predicted molar refractivity (Wildman–Crippen MR) is 344 cm³/mol. The standard InChI is InChI=1S/C67H126O17P2/c1-7-10-12-14-16-18-19-20-21-22-23-24-33-39-45-51-66(71)83-63(56-78-65(70)50-44-38-32-28-26-30-36-42-48-60(6)9-3)58-82-86(75,76)80-54-61(68)53-79-85(73,74)81-57-62(55-77-64(69)49-43-37-31-17-15-13-11-8-2)84-67(72)52-46-40-34-27-25-29-35-41-47-59(4)5/h18-21,59-63,68H,7-17,22-58H2,1-6H3,(H,73,74)(H,75,76)/b19-18-,21-20-/t60?,61-,62+,63+/m0/s1. The van der Waals surface area contributed by atoms with Gasteiger partial charge in [-0.15, -0.1) is 0 Å². The first-order chi connectivity index (χ1) is 41.4. The fourth-order valence-electron chi connectivity index (χ4n) is 9.49. The monoisotopic (exact) mass is 1260 g/mol. The highest BCUT2D eigenvalue weighted by atomic mass is 31.2. The van der Waals surface area contributed by atoms with Gasteiger partial charge < -0.3 is 33.8 Å². The van der Waals surface area contributed by atoms with Gasteiger partial charge in [-0.25, -0.2) is 9.13 Å². The summed E-state index contributed by atoms with van der Waals surface area (Å²) in [5, 5.41) is 10.5. The Morgan fingerprint density at radius 2 is 0.686 bits per heavy atom. The molecule has 0 rings (SSSR count). The van der Waals surface area contributed by atoms with Gasteiger partial charge in [0.05, 0.1) is 26.4 Å². The predicted octanol–water partition coefficient (Wildman–Crippen LogP) is 18.4. The van der Waals surface area contributed by atoms with Crippen molar-refractivity contribution >= 4 is 39.5 Å². The Morgan fingerprint density at radius 3 is 1.05 bits per heavy atom. The molecular formula is C67H126O17P2. The molecule has 0 bridgehead atoms. The number of carbonyl (C=O) groups is 4. The maximum atomic E-state index is 13.0. The van der Waals surface area contributed by atoms with Crippen molar-refractivity contribution < 1.29 is 80.2 Å². The summed E-state index contributed by atoms with van der Waals surface area (Å²) < 4.78 is 68.0. The van der Waals surface area contributed by atoms with Crippen molar-refractivity contribution in [2.24, 2.45) is 11.8 Å². The summed E-state index contributed by atoms with van der Waals surface area (Å²) in [6.45, 7) is 9.38. The van der Waals surface area contributed by atoms with E-state index < -0.39 is 97.5 Å². The molecule has 0 radical (unpaired) electrons. The summed E-state index contributed by atoms with van der Waals surface area (Å²) in [4.78, 5) is 72.3. The third-order valence-electron chi connectivity index (χ3n) is 15.2. The van der Waals surface area contributed by atoms with Crippen molar-refractivity contribution in [3.8, 4) is 0 Å². The van der Waals surface area contributed by atoms with Gasteiger partial charge in [-0.2, -0.15) is 0 Å². The Balaban J connectivity index is 5.28. The van der Waals surface area contributed by atoms with Gasteiger partial charge in [-0.1, -0.05) is 258 Å². The van der Waals surface area contributed by atoms with E-state index in [9.17, 15) is 43.2 Å². The van der Waals surface area contributed by atoms with Crippen LogP contribution >= 0.6 is 15.6 Å². The van der Waals surface area contributed by atoms with Gasteiger partial charge in [0.1, 0.15) is 19.3 Å².